The fraction of sp³-hybridized carbons (Fsp3) is 0.353. The molecule has 0 aliphatic carbocycles. The minimum Gasteiger partial charge on any atom is -0.362 e. The molecule has 1 aliphatic heterocycles. The zero-order valence-electron chi connectivity index (χ0n) is 15.2. The van der Waals surface area contributed by atoms with Crippen molar-refractivity contribution in [2.75, 3.05) is 33.8 Å². The van der Waals surface area contributed by atoms with E-state index in [1.54, 1.807) is 18.2 Å². The first-order chi connectivity index (χ1) is 13.5. The van der Waals surface area contributed by atoms with Gasteiger partial charge in [-0.2, -0.15) is 5.10 Å². The van der Waals surface area contributed by atoms with E-state index in [4.69, 9.17) is 0 Å². The number of amides is 1. The number of hydrogen-bond donors (Lipinski definition) is 3. The summed E-state index contributed by atoms with van der Waals surface area (Å²) < 4.78 is 25.8. The number of nitrogens with zero attached hydrogens (tertiary/aromatic N) is 3. The Kier molecular flexibility index (Phi) is 4.94. The normalized spacial score (nSPS) is 15.8. The Morgan fingerprint density at radius 3 is 3.00 bits per heavy atom. The molecule has 1 aliphatic rings. The molecule has 9 nitrogen and oxygen atoms in total. The number of H-pyrrole nitrogens is 1. The van der Waals surface area contributed by atoms with Gasteiger partial charge in [0.15, 0.2) is 10.9 Å². The smallest absolute Gasteiger partial charge is 0.235 e. The highest BCUT2D eigenvalue weighted by Crippen LogP contribution is 2.30. The topological polar surface area (TPSA) is 120 Å². The van der Waals surface area contributed by atoms with E-state index in [0.29, 0.717) is 35.6 Å². The van der Waals surface area contributed by atoms with Crippen LogP contribution in [0.5, 0.6) is 0 Å². The molecular weight excluding hydrogens is 400 g/mol. The molecule has 0 atom stereocenters. The third-order valence-corrected chi connectivity index (χ3v) is 7.13. The number of aromatic nitrogens is 3. The second-order valence-corrected chi connectivity index (χ2v) is 9.31. The molecule has 28 heavy (non-hydrogen) atoms. The Balaban J connectivity index is 1.53. The molecule has 4 rings (SSSR count). The number of aromatic amines is 1. The summed E-state index contributed by atoms with van der Waals surface area (Å²) in [6.45, 7) is 3.22. The fourth-order valence-electron chi connectivity index (χ4n) is 3.14. The van der Waals surface area contributed by atoms with Crippen molar-refractivity contribution >= 4 is 54.8 Å². The zero-order chi connectivity index (χ0) is 19.7. The maximum Gasteiger partial charge on any atom is 0.235 e. The molecule has 1 aromatic carbocycles. The molecule has 0 saturated carbocycles. The van der Waals surface area contributed by atoms with Gasteiger partial charge >= 0.3 is 0 Å². The van der Waals surface area contributed by atoms with E-state index in [2.05, 4.69) is 25.8 Å². The number of carbonyl (C=O) groups excluding carboxylic acids is 1. The molecule has 148 valence electrons. The first-order valence-corrected chi connectivity index (χ1v) is 11.4. The Morgan fingerprint density at radius 1 is 1.39 bits per heavy atom. The summed E-state index contributed by atoms with van der Waals surface area (Å²) in [5, 5.41) is 16.2. The van der Waals surface area contributed by atoms with E-state index in [0.717, 1.165) is 17.2 Å². The van der Waals surface area contributed by atoms with Crippen LogP contribution in [0.15, 0.2) is 23.6 Å². The molecule has 3 N–H and O–H groups in total. The Bertz CT molecular complexity index is 1120. The lowest BCUT2D eigenvalue weighted by molar-refractivity contribution is -0.115. The van der Waals surface area contributed by atoms with Crippen LogP contribution in [0.1, 0.15) is 19.0 Å². The van der Waals surface area contributed by atoms with Crippen LogP contribution < -0.4 is 14.9 Å². The van der Waals surface area contributed by atoms with Crippen LogP contribution in [0, 0.1) is 0 Å². The lowest BCUT2D eigenvalue weighted by atomic mass is 10.2. The van der Waals surface area contributed by atoms with Crippen molar-refractivity contribution < 1.29 is 13.2 Å². The minimum atomic E-state index is -3.27. The summed E-state index contributed by atoms with van der Waals surface area (Å²) in [6, 6.07) is 5.25. The average Bonchev–Trinajstić information content (AvgIpc) is 3.34. The van der Waals surface area contributed by atoms with Crippen molar-refractivity contribution in [2.45, 2.75) is 19.8 Å². The second-order valence-electron chi connectivity index (χ2n) is 6.44. The second kappa shape index (κ2) is 7.40. The number of hydrogen-bond acceptors (Lipinski definition) is 7. The number of sulfonamides is 1. The van der Waals surface area contributed by atoms with E-state index < -0.39 is 10.0 Å². The minimum absolute atomic E-state index is 0.135. The number of rotatable bonds is 6. The van der Waals surface area contributed by atoms with Crippen molar-refractivity contribution in [3.63, 3.8) is 0 Å². The van der Waals surface area contributed by atoms with E-state index in [1.807, 2.05) is 12.3 Å². The molecule has 0 spiro atoms. The molecule has 11 heteroatoms. The average molecular weight is 421 g/mol. The maximum absolute atomic E-state index is 12.4. The fourth-order valence-corrected chi connectivity index (χ4v) is 5.48. The number of carbonyl (C=O) groups is 1. The predicted octanol–water partition coefficient (Wildman–Crippen LogP) is 2.17. The summed E-state index contributed by atoms with van der Waals surface area (Å²) in [5.41, 5.74) is 1.98. The van der Waals surface area contributed by atoms with Gasteiger partial charge in [-0.05, 0) is 31.5 Å². The molecule has 3 aromatic rings. The van der Waals surface area contributed by atoms with Crippen molar-refractivity contribution in [3.05, 3.63) is 29.3 Å². The van der Waals surface area contributed by atoms with Gasteiger partial charge in [0.1, 0.15) is 0 Å². The van der Waals surface area contributed by atoms with Gasteiger partial charge in [-0.1, -0.05) is 0 Å². The lowest BCUT2D eigenvalue weighted by Gasteiger charge is -2.16. The summed E-state index contributed by atoms with van der Waals surface area (Å²) in [4.78, 5) is 16.8. The van der Waals surface area contributed by atoms with Crippen molar-refractivity contribution in [3.8, 4) is 0 Å². The van der Waals surface area contributed by atoms with Gasteiger partial charge in [0.05, 0.1) is 29.1 Å². The largest absolute Gasteiger partial charge is 0.362 e. The number of benzene rings is 1. The van der Waals surface area contributed by atoms with Crippen LogP contribution in [0.4, 0.5) is 16.6 Å². The van der Waals surface area contributed by atoms with Crippen LogP contribution in [-0.2, 0) is 21.2 Å². The molecule has 0 radical (unpaired) electrons. The Labute approximate surface area is 166 Å². The molecule has 0 bridgehead atoms. The van der Waals surface area contributed by atoms with Gasteiger partial charge in [0.2, 0.25) is 15.9 Å². The van der Waals surface area contributed by atoms with E-state index >= 15 is 0 Å². The molecule has 3 heterocycles. The quantitative estimate of drug-likeness (QED) is 0.562. The molecule has 1 amide bonds. The molecule has 0 unspecified atom stereocenters. The van der Waals surface area contributed by atoms with Crippen LogP contribution in [-0.4, -0.2) is 48.3 Å². The monoisotopic (exact) mass is 420 g/mol. The third kappa shape index (κ3) is 3.67. The van der Waals surface area contributed by atoms with Gasteiger partial charge < -0.3 is 10.6 Å². The van der Waals surface area contributed by atoms with E-state index in [-0.39, 0.29) is 18.1 Å². The number of fused-ring (bicyclic) bond motifs is 1. The van der Waals surface area contributed by atoms with Crippen LogP contribution >= 0.6 is 11.3 Å². The molecular formula is C17H20N6O3S2. The van der Waals surface area contributed by atoms with Crippen molar-refractivity contribution in [1.29, 1.82) is 0 Å². The van der Waals surface area contributed by atoms with Gasteiger partial charge in [-0.25, -0.2) is 13.4 Å². The maximum atomic E-state index is 12.4. The lowest BCUT2D eigenvalue weighted by Crippen LogP contribution is -2.24. The van der Waals surface area contributed by atoms with Crippen molar-refractivity contribution in [1.82, 2.24) is 15.2 Å². The van der Waals surface area contributed by atoms with Gasteiger partial charge in [0, 0.05) is 23.9 Å². The standard InChI is InChI=1S/C17H20N6O3S2/c1-2-18-17-19-11(10-27-17)8-15(24)20-16-13-9-12(4-5-14(13)21-22-16)23-6-3-7-28(23,25)26/h4-5,9-10H,2-3,6-8H2,1H3,(H,18,19)(H2,20,21,22,24). The number of nitrogens with one attached hydrogen (secondary N) is 3. The number of anilines is 3. The summed E-state index contributed by atoms with van der Waals surface area (Å²) in [6.07, 6.45) is 0.744. The van der Waals surface area contributed by atoms with Gasteiger partial charge in [-0.15, -0.1) is 11.3 Å². The third-order valence-electron chi connectivity index (χ3n) is 4.41. The Hall–Kier alpha value is -2.66. The van der Waals surface area contributed by atoms with Gasteiger partial charge in [-0.3, -0.25) is 14.2 Å². The SMILES string of the molecule is CCNc1nc(CC(=O)Nc2n[nH]c3ccc(N4CCCS4(=O)=O)cc23)cs1. The highest BCUT2D eigenvalue weighted by Gasteiger charge is 2.28. The van der Waals surface area contributed by atoms with Crippen LogP contribution in [0.3, 0.4) is 0 Å². The Morgan fingerprint density at radius 2 is 2.25 bits per heavy atom. The predicted molar refractivity (Wildman–Crippen MR) is 110 cm³/mol. The van der Waals surface area contributed by atoms with Crippen LogP contribution in [0.25, 0.3) is 10.9 Å². The highest BCUT2D eigenvalue weighted by molar-refractivity contribution is 7.93. The highest BCUT2D eigenvalue weighted by atomic mass is 32.2. The first kappa shape index (κ1) is 18.7. The van der Waals surface area contributed by atoms with Crippen LogP contribution in [0.2, 0.25) is 0 Å². The summed E-state index contributed by atoms with van der Waals surface area (Å²) in [7, 11) is -3.27. The first-order valence-electron chi connectivity index (χ1n) is 8.93. The van der Waals surface area contributed by atoms with E-state index in [1.165, 1.54) is 15.6 Å². The number of thiazole rings is 1. The molecule has 1 saturated heterocycles. The van der Waals surface area contributed by atoms with Gasteiger partial charge in [0.25, 0.3) is 0 Å². The zero-order valence-corrected chi connectivity index (χ0v) is 16.9. The summed E-state index contributed by atoms with van der Waals surface area (Å²) in [5.74, 6) is 0.296. The summed E-state index contributed by atoms with van der Waals surface area (Å²) >= 11 is 1.46. The molecule has 1 fully saturated rings. The van der Waals surface area contributed by atoms with E-state index in [9.17, 15) is 13.2 Å². The molecule has 2 aromatic heterocycles. The van der Waals surface area contributed by atoms with Crippen molar-refractivity contribution in [2.24, 2.45) is 0 Å².